The van der Waals surface area contributed by atoms with Gasteiger partial charge in [-0.1, -0.05) is 26.2 Å². The van der Waals surface area contributed by atoms with E-state index >= 15 is 0 Å². The molecule has 1 atom stereocenters. The molecule has 0 aromatic carbocycles. The average molecular weight is 198 g/mol. The van der Waals surface area contributed by atoms with Gasteiger partial charge in [0.1, 0.15) is 0 Å². The Bertz CT molecular complexity index is 147. The zero-order valence-corrected chi connectivity index (χ0v) is 10.1. The van der Waals surface area contributed by atoms with Crippen molar-refractivity contribution in [3.05, 3.63) is 0 Å². The van der Waals surface area contributed by atoms with Crippen LogP contribution in [-0.4, -0.2) is 49.1 Å². The molecule has 1 fully saturated rings. The van der Waals surface area contributed by atoms with E-state index < -0.39 is 0 Å². The molecule has 1 rings (SSSR count). The molecule has 0 N–H and O–H groups in total. The molecule has 0 saturated carbocycles. The fourth-order valence-corrected chi connectivity index (χ4v) is 2.09. The van der Waals surface area contributed by atoms with Crippen LogP contribution in [0.5, 0.6) is 0 Å². The van der Waals surface area contributed by atoms with E-state index in [9.17, 15) is 0 Å². The molecule has 0 amide bonds. The summed E-state index contributed by atoms with van der Waals surface area (Å²) in [6, 6.07) is 0.745. The van der Waals surface area contributed by atoms with Crippen molar-refractivity contribution in [1.29, 1.82) is 0 Å². The highest BCUT2D eigenvalue weighted by Gasteiger charge is 2.19. The summed E-state index contributed by atoms with van der Waals surface area (Å²) in [5, 5.41) is 0. The van der Waals surface area contributed by atoms with Crippen LogP contribution < -0.4 is 0 Å². The summed E-state index contributed by atoms with van der Waals surface area (Å²) in [4.78, 5) is 5.09. The Morgan fingerprint density at radius 1 is 1.14 bits per heavy atom. The molecule has 0 spiro atoms. The topological polar surface area (TPSA) is 6.48 Å². The van der Waals surface area contributed by atoms with Gasteiger partial charge >= 0.3 is 0 Å². The Balaban J connectivity index is 2.07. The Hall–Kier alpha value is -0.0800. The third kappa shape index (κ3) is 3.97. The van der Waals surface area contributed by atoms with Crippen molar-refractivity contribution in [2.75, 3.05) is 33.2 Å². The van der Waals surface area contributed by atoms with Crippen molar-refractivity contribution in [2.45, 2.75) is 45.6 Å². The van der Waals surface area contributed by atoms with Crippen molar-refractivity contribution in [3.8, 4) is 0 Å². The minimum Gasteiger partial charge on any atom is -0.301 e. The summed E-state index contributed by atoms with van der Waals surface area (Å²) < 4.78 is 0. The van der Waals surface area contributed by atoms with Gasteiger partial charge in [0.05, 0.1) is 0 Å². The molecule has 1 saturated heterocycles. The Morgan fingerprint density at radius 2 is 1.93 bits per heavy atom. The highest BCUT2D eigenvalue weighted by atomic mass is 15.3. The van der Waals surface area contributed by atoms with Crippen LogP contribution in [0.1, 0.15) is 39.5 Å². The van der Waals surface area contributed by atoms with Gasteiger partial charge in [-0.3, -0.25) is 0 Å². The first-order valence-corrected chi connectivity index (χ1v) is 6.16. The second kappa shape index (κ2) is 6.41. The molecule has 2 heteroatoms. The first-order chi connectivity index (χ1) is 6.74. The van der Waals surface area contributed by atoms with E-state index in [1.165, 1.54) is 51.9 Å². The Kier molecular flexibility index (Phi) is 5.49. The average Bonchev–Trinajstić information content (AvgIpc) is 2.18. The molecule has 1 aliphatic heterocycles. The van der Waals surface area contributed by atoms with Crippen molar-refractivity contribution in [1.82, 2.24) is 9.80 Å². The molecule has 0 bridgehead atoms. The predicted molar refractivity (Wildman–Crippen MR) is 62.7 cm³/mol. The Labute approximate surface area is 89.3 Å². The molecular formula is C12H26N2. The van der Waals surface area contributed by atoms with E-state index in [0.717, 1.165) is 6.04 Å². The largest absolute Gasteiger partial charge is 0.301 e. The number of nitrogens with zero attached hydrogens (tertiary/aromatic N) is 2. The first-order valence-electron chi connectivity index (χ1n) is 6.16. The van der Waals surface area contributed by atoms with Gasteiger partial charge in [0.2, 0.25) is 0 Å². The van der Waals surface area contributed by atoms with Crippen LogP contribution in [0.4, 0.5) is 0 Å². The van der Waals surface area contributed by atoms with Crippen molar-refractivity contribution < 1.29 is 0 Å². The lowest BCUT2D eigenvalue weighted by atomic mass is 10.1. The van der Waals surface area contributed by atoms with E-state index in [0.29, 0.717) is 0 Å². The van der Waals surface area contributed by atoms with Gasteiger partial charge in [0.15, 0.2) is 0 Å². The summed E-state index contributed by atoms with van der Waals surface area (Å²) >= 11 is 0. The van der Waals surface area contributed by atoms with E-state index in [4.69, 9.17) is 0 Å². The number of unbranched alkanes of at least 4 members (excludes halogenated alkanes) is 3. The van der Waals surface area contributed by atoms with Gasteiger partial charge in [-0.05, 0) is 26.9 Å². The normalized spacial score (nSPS) is 25.5. The highest BCUT2D eigenvalue weighted by molar-refractivity contribution is 4.76. The van der Waals surface area contributed by atoms with Crippen LogP contribution in [-0.2, 0) is 0 Å². The quantitative estimate of drug-likeness (QED) is 0.625. The minimum atomic E-state index is 0.745. The van der Waals surface area contributed by atoms with Gasteiger partial charge in [-0.2, -0.15) is 0 Å². The molecule has 1 aliphatic rings. The summed E-state index contributed by atoms with van der Waals surface area (Å²) in [7, 11) is 2.24. The lowest BCUT2D eigenvalue weighted by molar-refractivity contribution is 0.104. The molecule has 2 nitrogen and oxygen atoms in total. The van der Waals surface area contributed by atoms with Gasteiger partial charge in [0.25, 0.3) is 0 Å². The third-order valence-corrected chi connectivity index (χ3v) is 3.37. The van der Waals surface area contributed by atoms with Gasteiger partial charge in [0, 0.05) is 25.7 Å². The standard InChI is InChI=1S/C12H26N2/c1-4-5-6-7-8-14-10-9-13(3)12(2)11-14/h12H,4-11H2,1-3H3. The van der Waals surface area contributed by atoms with Crippen LogP contribution in [0.25, 0.3) is 0 Å². The second-order valence-electron chi connectivity index (χ2n) is 4.69. The minimum absolute atomic E-state index is 0.745. The molecule has 0 aliphatic carbocycles. The molecule has 1 unspecified atom stereocenters. The number of hydrogen-bond acceptors (Lipinski definition) is 2. The zero-order chi connectivity index (χ0) is 10.4. The lowest BCUT2D eigenvalue weighted by Gasteiger charge is -2.37. The van der Waals surface area contributed by atoms with E-state index in [-0.39, 0.29) is 0 Å². The van der Waals surface area contributed by atoms with Crippen molar-refractivity contribution >= 4 is 0 Å². The van der Waals surface area contributed by atoms with Crippen LogP contribution in [0.3, 0.4) is 0 Å². The van der Waals surface area contributed by atoms with Crippen LogP contribution in [0, 0.1) is 0 Å². The van der Waals surface area contributed by atoms with E-state index in [2.05, 4.69) is 30.7 Å². The number of hydrogen-bond donors (Lipinski definition) is 0. The summed E-state index contributed by atoms with van der Waals surface area (Å²) in [6.07, 6.45) is 5.56. The molecule has 14 heavy (non-hydrogen) atoms. The Morgan fingerprint density at radius 3 is 2.57 bits per heavy atom. The number of rotatable bonds is 5. The highest BCUT2D eigenvalue weighted by Crippen LogP contribution is 2.08. The molecule has 0 radical (unpaired) electrons. The van der Waals surface area contributed by atoms with Gasteiger partial charge < -0.3 is 9.80 Å². The van der Waals surface area contributed by atoms with E-state index in [1.807, 2.05) is 0 Å². The first kappa shape index (κ1) is 12.0. The third-order valence-electron chi connectivity index (χ3n) is 3.37. The fraction of sp³-hybridized carbons (Fsp3) is 1.00. The summed E-state index contributed by atoms with van der Waals surface area (Å²) in [5.41, 5.74) is 0. The van der Waals surface area contributed by atoms with Gasteiger partial charge in [-0.25, -0.2) is 0 Å². The van der Waals surface area contributed by atoms with Crippen molar-refractivity contribution in [3.63, 3.8) is 0 Å². The summed E-state index contributed by atoms with van der Waals surface area (Å²) in [5.74, 6) is 0. The zero-order valence-electron chi connectivity index (χ0n) is 10.1. The van der Waals surface area contributed by atoms with Crippen molar-refractivity contribution in [2.24, 2.45) is 0 Å². The van der Waals surface area contributed by atoms with Crippen LogP contribution in [0.2, 0.25) is 0 Å². The van der Waals surface area contributed by atoms with Crippen LogP contribution in [0.15, 0.2) is 0 Å². The number of likely N-dealkylation sites (N-methyl/N-ethyl adjacent to an activating group) is 1. The lowest BCUT2D eigenvalue weighted by Crippen LogP contribution is -2.50. The number of piperazine rings is 1. The molecule has 1 heterocycles. The second-order valence-corrected chi connectivity index (χ2v) is 4.69. The molecule has 0 aromatic heterocycles. The smallest absolute Gasteiger partial charge is 0.0192 e. The monoisotopic (exact) mass is 198 g/mol. The van der Waals surface area contributed by atoms with Gasteiger partial charge in [-0.15, -0.1) is 0 Å². The van der Waals surface area contributed by atoms with Crippen LogP contribution >= 0.6 is 0 Å². The molecule has 0 aromatic rings. The maximum absolute atomic E-state index is 2.63. The molecular weight excluding hydrogens is 172 g/mol. The maximum Gasteiger partial charge on any atom is 0.0192 e. The molecule has 84 valence electrons. The fourth-order valence-electron chi connectivity index (χ4n) is 2.09. The SMILES string of the molecule is CCCCCCN1CCN(C)C(C)C1. The van der Waals surface area contributed by atoms with E-state index in [1.54, 1.807) is 0 Å². The summed E-state index contributed by atoms with van der Waals surface area (Å²) in [6.45, 7) is 9.71. The maximum atomic E-state index is 2.63. The predicted octanol–water partition coefficient (Wildman–Crippen LogP) is 2.20.